The molecule has 1 aliphatic heterocycles. The maximum Gasteiger partial charge on any atom is 0.431 e. The van der Waals surface area contributed by atoms with Crippen molar-refractivity contribution in [2.24, 2.45) is 18.2 Å². The van der Waals surface area contributed by atoms with Gasteiger partial charge in [-0.1, -0.05) is 41.4 Å². The molecule has 292 valence electrons. The molecular weight excluding hydrogens is 771 g/mol. The average molecular weight is 812 g/mol. The van der Waals surface area contributed by atoms with Gasteiger partial charge < -0.3 is 20.5 Å². The minimum Gasteiger partial charge on any atom is -0.480 e. The van der Waals surface area contributed by atoms with Crippen LogP contribution in [0.5, 0.6) is 0 Å². The number of nitrogens with two attached hydrogens (primary N) is 1. The lowest BCUT2D eigenvalue weighted by atomic mass is 9.95. The van der Waals surface area contributed by atoms with Crippen LogP contribution in [0.2, 0.25) is 10.0 Å². The number of rotatable bonds is 9. The molecule has 0 radical (unpaired) electrons. The Hall–Kier alpha value is -3.99. The molecular formula is C33H40Cl2F3N4O10P. The molecule has 1 saturated heterocycles. The summed E-state index contributed by atoms with van der Waals surface area (Å²) in [7, 11) is -2.21. The van der Waals surface area contributed by atoms with Crippen molar-refractivity contribution in [3.05, 3.63) is 96.2 Å². The van der Waals surface area contributed by atoms with Crippen LogP contribution in [-0.2, 0) is 43.5 Å². The third-order valence-corrected chi connectivity index (χ3v) is 9.00. The van der Waals surface area contributed by atoms with E-state index in [-0.39, 0.29) is 34.8 Å². The summed E-state index contributed by atoms with van der Waals surface area (Å²) in [6.45, 7) is 9.00. The number of hydroxylamine groups is 2. The molecule has 2 unspecified atom stereocenters. The zero-order chi connectivity index (χ0) is 40.6. The molecule has 4 N–H and O–H groups in total. The highest BCUT2D eigenvalue weighted by Gasteiger charge is 2.40. The molecule has 1 aliphatic rings. The van der Waals surface area contributed by atoms with Gasteiger partial charge in [0.1, 0.15) is 11.7 Å². The van der Waals surface area contributed by atoms with Crippen molar-refractivity contribution in [2.75, 3.05) is 19.4 Å². The molecule has 1 amide bonds. The number of aromatic nitrogens is 2. The molecule has 3 aromatic rings. The van der Waals surface area contributed by atoms with Crippen molar-refractivity contribution in [3.8, 4) is 5.69 Å². The van der Waals surface area contributed by atoms with Crippen molar-refractivity contribution in [1.82, 2.24) is 14.2 Å². The minimum absolute atomic E-state index is 0.00687. The third kappa shape index (κ3) is 13.1. The van der Waals surface area contributed by atoms with Gasteiger partial charge in [0.25, 0.3) is 11.5 Å². The quantitative estimate of drug-likeness (QED) is 0.192. The van der Waals surface area contributed by atoms with E-state index in [0.717, 1.165) is 18.7 Å². The van der Waals surface area contributed by atoms with Gasteiger partial charge in [0.15, 0.2) is 7.37 Å². The summed E-state index contributed by atoms with van der Waals surface area (Å²) >= 11 is 12.0. The standard InChI is InChI=1S/C16H14ClF3N2O4.C12H14ClNO2.C5H12NO4P/c1-8(2)26-14(24)10-6-9(4-5-11(10)17)22-13(23)7-12(16(18,19)20)21(3)15(22)25;1-12(2)8-16-14(11(12)15)7-9-5-3-4-6-10(9)13;1-11(9,10)3-2-4(6)5(7)8/h4-8H,1-3H3;3-6H,7-8H2,1-2H3;4H,2-3,6H2,1H3,(H,7,8)(H,9,10). The predicted octanol–water partition coefficient (Wildman–Crippen LogP) is 5.10. The minimum atomic E-state index is -4.86. The zero-order valence-corrected chi connectivity index (χ0v) is 31.9. The molecule has 4 rings (SSSR count). The topological polar surface area (TPSA) is 200 Å². The van der Waals surface area contributed by atoms with Crippen LogP contribution in [0.15, 0.2) is 58.1 Å². The van der Waals surface area contributed by atoms with Gasteiger partial charge in [-0.15, -0.1) is 0 Å². The van der Waals surface area contributed by atoms with Crippen LogP contribution in [0.3, 0.4) is 0 Å². The van der Waals surface area contributed by atoms with E-state index in [9.17, 15) is 41.7 Å². The summed E-state index contributed by atoms with van der Waals surface area (Å²) in [4.78, 5) is 72.6. The van der Waals surface area contributed by atoms with E-state index in [1.165, 1.54) is 23.9 Å². The second kappa shape index (κ2) is 18.4. The normalized spacial score (nSPS) is 15.4. The molecule has 2 aromatic carbocycles. The monoisotopic (exact) mass is 810 g/mol. The zero-order valence-electron chi connectivity index (χ0n) is 29.5. The van der Waals surface area contributed by atoms with E-state index in [1.807, 2.05) is 38.1 Å². The number of carboxylic acids is 1. The Morgan fingerprint density at radius 3 is 2.17 bits per heavy atom. The number of amides is 1. The number of alkyl halides is 3. The van der Waals surface area contributed by atoms with Gasteiger partial charge in [-0.2, -0.15) is 13.2 Å². The largest absolute Gasteiger partial charge is 0.480 e. The summed E-state index contributed by atoms with van der Waals surface area (Å²) in [5.74, 6) is -1.92. The molecule has 0 bridgehead atoms. The molecule has 53 heavy (non-hydrogen) atoms. The molecule has 1 fully saturated rings. The first-order valence-electron chi connectivity index (χ1n) is 15.6. The van der Waals surface area contributed by atoms with Crippen molar-refractivity contribution in [1.29, 1.82) is 0 Å². The van der Waals surface area contributed by atoms with Gasteiger partial charge in [-0.05, 0) is 63.9 Å². The van der Waals surface area contributed by atoms with Gasteiger partial charge in [0.2, 0.25) is 0 Å². The number of hydrogen-bond donors (Lipinski definition) is 3. The average Bonchev–Trinajstić information content (AvgIpc) is 3.29. The lowest BCUT2D eigenvalue weighted by molar-refractivity contribution is -0.165. The SMILES string of the molecule is CC(C)OC(=O)c1cc(-n2c(=O)cc(C(F)(F)F)n(C)c2=O)ccc1Cl.CC1(C)CON(Cc2ccccc2Cl)C1=O.CP(=O)(O)CCC(N)C(=O)O. The molecule has 14 nitrogen and oxygen atoms in total. The highest BCUT2D eigenvalue weighted by Crippen LogP contribution is 2.36. The van der Waals surface area contributed by atoms with Gasteiger partial charge in [0, 0.05) is 31.0 Å². The molecule has 0 saturated carbocycles. The fraction of sp³-hybridized carbons (Fsp3) is 0.424. The number of hydrogen-bond acceptors (Lipinski definition) is 9. The predicted molar refractivity (Wildman–Crippen MR) is 190 cm³/mol. The second-order valence-electron chi connectivity index (χ2n) is 12.8. The van der Waals surface area contributed by atoms with E-state index >= 15 is 0 Å². The maximum absolute atomic E-state index is 12.9. The van der Waals surface area contributed by atoms with Crippen molar-refractivity contribution < 1.29 is 51.7 Å². The van der Waals surface area contributed by atoms with E-state index in [1.54, 1.807) is 13.8 Å². The Morgan fingerprint density at radius 1 is 1.08 bits per heavy atom. The summed E-state index contributed by atoms with van der Waals surface area (Å²) in [6, 6.07) is 10.3. The Labute approximate surface area is 312 Å². The number of carbonyl (C=O) groups excluding carboxylic acids is 2. The van der Waals surface area contributed by atoms with Crippen molar-refractivity contribution >= 4 is 48.4 Å². The van der Waals surface area contributed by atoms with Crippen LogP contribution in [0.4, 0.5) is 13.2 Å². The molecule has 2 atom stereocenters. The van der Waals surface area contributed by atoms with E-state index in [2.05, 4.69) is 0 Å². The van der Waals surface area contributed by atoms with E-state index in [0.29, 0.717) is 33.4 Å². The summed E-state index contributed by atoms with van der Waals surface area (Å²) in [5, 5.41) is 10.3. The molecule has 0 aliphatic carbocycles. The fourth-order valence-corrected chi connectivity index (χ4v) is 5.47. The summed E-state index contributed by atoms with van der Waals surface area (Å²) in [5.41, 5.74) is 1.56. The smallest absolute Gasteiger partial charge is 0.431 e. The van der Waals surface area contributed by atoms with Crippen LogP contribution >= 0.6 is 30.6 Å². The van der Waals surface area contributed by atoms with E-state index < -0.39 is 60.0 Å². The van der Waals surface area contributed by atoms with Gasteiger partial charge >= 0.3 is 23.8 Å². The fourth-order valence-electron chi connectivity index (χ4n) is 4.32. The highest BCUT2D eigenvalue weighted by atomic mass is 35.5. The van der Waals surface area contributed by atoms with Crippen LogP contribution < -0.4 is 17.0 Å². The molecule has 0 spiro atoms. The lowest BCUT2D eigenvalue weighted by Crippen LogP contribution is -2.40. The highest BCUT2D eigenvalue weighted by molar-refractivity contribution is 7.57. The number of esters is 1. The number of halogens is 5. The van der Waals surface area contributed by atoms with Crippen LogP contribution in [0.25, 0.3) is 5.69 Å². The summed E-state index contributed by atoms with van der Waals surface area (Å²) < 4.78 is 55.2. The number of carbonyl (C=O) groups is 3. The third-order valence-electron chi connectivity index (χ3n) is 7.21. The molecule has 2 heterocycles. The van der Waals surface area contributed by atoms with E-state index in [4.69, 9.17) is 48.5 Å². The number of benzene rings is 2. The first-order valence-corrected chi connectivity index (χ1v) is 18.7. The number of aliphatic carboxylic acids is 1. The molecule has 20 heteroatoms. The number of carboxylic acid groups (broad SMARTS) is 1. The number of ether oxygens (including phenoxy) is 1. The van der Waals surface area contributed by atoms with Gasteiger partial charge in [-0.3, -0.25) is 28.4 Å². The Bertz CT molecular complexity index is 1980. The van der Waals surface area contributed by atoms with Crippen LogP contribution in [0, 0.1) is 5.41 Å². The molecule has 1 aromatic heterocycles. The lowest BCUT2D eigenvalue weighted by Gasteiger charge is -2.16. The number of nitrogens with zero attached hydrogens (tertiary/aromatic N) is 3. The Balaban J connectivity index is 0.000000306. The maximum atomic E-state index is 12.9. The Kier molecular flexibility index (Phi) is 15.7. The van der Waals surface area contributed by atoms with Crippen molar-refractivity contribution in [2.45, 2.75) is 59.0 Å². The summed E-state index contributed by atoms with van der Waals surface area (Å²) in [6.07, 6.45) is -5.30. The van der Waals surface area contributed by atoms with Crippen LogP contribution in [-0.4, -0.2) is 73.6 Å². The second-order valence-corrected chi connectivity index (χ2v) is 16.1. The van der Waals surface area contributed by atoms with Crippen molar-refractivity contribution in [3.63, 3.8) is 0 Å². The van der Waals surface area contributed by atoms with Crippen LogP contribution in [0.1, 0.15) is 55.7 Å². The first kappa shape index (κ1) is 45.2. The van der Waals surface area contributed by atoms with Gasteiger partial charge in [0.05, 0.1) is 40.9 Å². The Morgan fingerprint density at radius 2 is 1.68 bits per heavy atom. The van der Waals surface area contributed by atoms with Gasteiger partial charge in [-0.25, -0.2) is 19.2 Å². The first-order chi connectivity index (χ1) is 24.3.